The van der Waals surface area contributed by atoms with E-state index in [1.807, 2.05) is 39.0 Å². The lowest BCUT2D eigenvalue weighted by atomic mass is 10.1. The fourth-order valence-electron chi connectivity index (χ4n) is 2.08. The quantitative estimate of drug-likeness (QED) is 0.642. The average Bonchev–Trinajstić information content (AvgIpc) is 2.90. The molecule has 18 heavy (non-hydrogen) atoms. The fourth-order valence-corrected chi connectivity index (χ4v) is 2.08. The third-order valence-corrected chi connectivity index (χ3v) is 3.29. The highest BCUT2D eigenvalue weighted by Crippen LogP contribution is 2.30. The largest absolute Gasteiger partial charge is 0.440 e. The first-order valence-corrected chi connectivity index (χ1v) is 5.88. The number of nitrogen functional groups attached to an aromatic ring is 1. The average molecular weight is 241 g/mol. The van der Waals surface area contributed by atoms with Crippen LogP contribution in [0.1, 0.15) is 17.0 Å². The molecule has 0 atom stereocenters. The highest BCUT2D eigenvalue weighted by molar-refractivity contribution is 5.96. The molecule has 1 aromatic carbocycles. The van der Waals surface area contributed by atoms with E-state index in [2.05, 4.69) is 9.97 Å². The lowest BCUT2D eigenvalue weighted by Crippen LogP contribution is -1.86. The van der Waals surface area contributed by atoms with Crippen LogP contribution >= 0.6 is 0 Å². The zero-order chi connectivity index (χ0) is 12.9. The molecule has 2 aromatic heterocycles. The Labute approximate surface area is 105 Å². The van der Waals surface area contributed by atoms with Gasteiger partial charge in [-0.25, -0.2) is 4.98 Å². The minimum Gasteiger partial charge on any atom is -0.440 e. The van der Waals surface area contributed by atoms with Gasteiger partial charge in [-0.05, 0) is 38.5 Å². The number of fused-ring (bicyclic) bond motifs is 1. The van der Waals surface area contributed by atoms with Gasteiger partial charge in [-0.2, -0.15) is 0 Å². The first-order chi connectivity index (χ1) is 8.56. The van der Waals surface area contributed by atoms with Gasteiger partial charge in [0.15, 0.2) is 0 Å². The van der Waals surface area contributed by atoms with Crippen molar-refractivity contribution in [2.45, 2.75) is 20.8 Å². The number of aromatic amines is 1. The molecule has 0 saturated carbocycles. The number of aryl methyl sites for hydroxylation is 3. The smallest absolute Gasteiger partial charge is 0.243 e. The monoisotopic (exact) mass is 241 g/mol. The maximum Gasteiger partial charge on any atom is 0.243 e. The van der Waals surface area contributed by atoms with E-state index in [0.717, 1.165) is 39.3 Å². The summed E-state index contributed by atoms with van der Waals surface area (Å²) in [6, 6.07) is 5.91. The van der Waals surface area contributed by atoms with Gasteiger partial charge in [0.25, 0.3) is 0 Å². The SMILES string of the molecule is Cc1nc(-c2cc3c(N)ccc(C)c3[nH]2)oc1C. The lowest BCUT2D eigenvalue weighted by Gasteiger charge is -1.98. The third-order valence-electron chi connectivity index (χ3n) is 3.29. The Morgan fingerprint density at radius 1 is 1.22 bits per heavy atom. The van der Waals surface area contributed by atoms with Crippen LogP contribution in [-0.4, -0.2) is 9.97 Å². The van der Waals surface area contributed by atoms with E-state index in [9.17, 15) is 0 Å². The van der Waals surface area contributed by atoms with Gasteiger partial charge in [-0.15, -0.1) is 0 Å². The van der Waals surface area contributed by atoms with Crippen molar-refractivity contribution in [3.63, 3.8) is 0 Å². The van der Waals surface area contributed by atoms with E-state index in [1.54, 1.807) is 0 Å². The van der Waals surface area contributed by atoms with E-state index in [0.29, 0.717) is 5.89 Å². The van der Waals surface area contributed by atoms with Crippen LogP contribution in [0, 0.1) is 20.8 Å². The lowest BCUT2D eigenvalue weighted by molar-refractivity contribution is 0.539. The summed E-state index contributed by atoms with van der Waals surface area (Å²) >= 11 is 0. The molecular formula is C14H15N3O. The summed E-state index contributed by atoms with van der Waals surface area (Å²) in [4.78, 5) is 7.72. The van der Waals surface area contributed by atoms with Crippen molar-refractivity contribution < 1.29 is 4.42 Å². The summed E-state index contributed by atoms with van der Waals surface area (Å²) in [5.41, 5.74) is 10.7. The summed E-state index contributed by atoms with van der Waals surface area (Å²) < 4.78 is 5.63. The number of nitrogens with one attached hydrogen (secondary N) is 1. The van der Waals surface area contributed by atoms with Crippen molar-refractivity contribution in [3.05, 3.63) is 35.2 Å². The molecular weight excluding hydrogens is 226 g/mol. The van der Waals surface area contributed by atoms with Crippen LogP contribution in [0.25, 0.3) is 22.5 Å². The molecule has 0 saturated heterocycles. The zero-order valence-corrected chi connectivity index (χ0v) is 10.7. The molecule has 92 valence electrons. The van der Waals surface area contributed by atoms with Gasteiger partial charge in [0.05, 0.1) is 11.2 Å². The van der Waals surface area contributed by atoms with Crippen molar-refractivity contribution in [1.82, 2.24) is 9.97 Å². The number of hydrogen-bond donors (Lipinski definition) is 2. The molecule has 0 aliphatic rings. The molecule has 0 radical (unpaired) electrons. The molecule has 0 unspecified atom stereocenters. The van der Waals surface area contributed by atoms with E-state index in [4.69, 9.17) is 10.2 Å². The predicted molar refractivity (Wildman–Crippen MR) is 72.4 cm³/mol. The van der Waals surface area contributed by atoms with Gasteiger partial charge in [0.1, 0.15) is 11.5 Å². The zero-order valence-electron chi connectivity index (χ0n) is 10.7. The van der Waals surface area contributed by atoms with Gasteiger partial charge in [0.2, 0.25) is 5.89 Å². The molecule has 3 aromatic rings. The molecule has 0 fully saturated rings. The number of rotatable bonds is 1. The Balaban J connectivity index is 2.25. The van der Waals surface area contributed by atoms with Crippen molar-refractivity contribution >= 4 is 16.6 Å². The second-order valence-electron chi connectivity index (χ2n) is 4.60. The number of nitrogens with zero attached hydrogens (tertiary/aromatic N) is 1. The number of hydrogen-bond acceptors (Lipinski definition) is 3. The van der Waals surface area contributed by atoms with Crippen LogP contribution in [0.3, 0.4) is 0 Å². The second-order valence-corrected chi connectivity index (χ2v) is 4.60. The van der Waals surface area contributed by atoms with Crippen LogP contribution in [0.5, 0.6) is 0 Å². The maximum atomic E-state index is 5.98. The molecule has 0 bridgehead atoms. The topological polar surface area (TPSA) is 67.8 Å². The molecule has 0 aliphatic carbocycles. The van der Waals surface area contributed by atoms with Gasteiger partial charge < -0.3 is 15.1 Å². The van der Waals surface area contributed by atoms with Crippen LogP contribution in [0.2, 0.25) is 0 Å². The van der Waals surface area contributed by atoms with E-state index in [-0.39, 0.29) is 0 Å². The number of anilines is 1. The van der Waals surface area contributed by atoms with Gasteiger partial charge in [-0.3, -0.25) is 0 Å². The normalized spacial score (nSPS) is 11.3. The molecule has 0 spiro atoms. The predicted octanol–water partition coefficient (Wildman–Crippen LogP) is 3.33. The molecule has 4 nitrogen and oxygen atoms in total. The van der Waals surface area contributed by atoms with Crippen LogP contribution in [0.15, 0.2) is 22.6 Å². The Bertz CT molecular complexity index is 678. The number of H-pyrrole nitrogens is 1. The summed E-state index contributed by atoms with van der Waals surface area (Å²) in [5, 5.41) is 1.01. The Kier molecular flexibility index (Phi) is 2.20. The second kappa shape index (κ2) is 3.63. The summed E-state index contributed by atoms with van der Waals surface area (Å²) in [5.74, 6) is 1.45. The molecule has 0 aliphatic heterocycles. The summed E-state index contributed by atoms with van der Waals surface area (Å²) in [6.07, 6.45) is 0. The van der Waals surface area contributed by atoms with Gasteiger partial charge in [0, 0.05) is 11.1 Å². The number of benzene rings is 1. The van der Waals surface area contributed by atoms with Crippen LogP contribution in [-0.2, 0) is 0 Å². The van der Waals surface area contributed by atoms with E-state index >= 15 is 0 Å². The fraction of sp³-hybridized carbons (Fsp3) is 0.214. The molecule has 4 heteroatoms. The van der Waals surface area contributed by atoms with Crippen molar-refractivity contribution in [2.75, 3.05) is 5.73 Å². The van der Waals surface area contributed by atoms with Gasteiger partial charge in [-0.1, -0.05) is 6.07 Å². The molecule has 0 amide bonds. The van der Waals surface area contributed by atoms with Crippen molar-refractivity contribution in [2.24, 2.45) is 0 Å². The number of nitrogens with two attached hydrogens (primary N) is 1. The third kappa shape index (κ3) is 1.49. The van der Waals surface area contributed by atoms with E-state index < -0.39 is 0 Å². The number of aromatic nitrogens is 2. The Morgan fingerprint density at radius 3 is 2.61 bits per heavy atom. The standard InChI is InChI=1S/C14H15N3O/c1-7-4-5-11(15)10-6-12(17-13(7)10)14-16-8(2)9(3)18-14/h4-6,17H,15H2,1-3H3. The molecule has 3 rings (SSSR count). The van der Waals surface area contributed by atoms with E-state index in [1.165, 1.54) is 0 Å². The van der Waals surface area contributed by atoms with Crippen molar-refractivity contribution in [3.8, 4) is 11.6 Å². The first kappa shape index (κ1) is 10.9. The van der Waals surface area contributed by atoms with Gasteiger partial charge >= 0.3 is 0 Å². The molecule has 3 N–H and O–H groups in total. The first-order valence-electron chi connectivity index (χ1n) is 5.88. The minimum absolute atomic E-state index is 0.611. The summed E-state index contributed by atoms with van der Waals surface area (Å²) in [7, 11) is 0. The Hall–Kier alpha value is -2.23. The summed E-state index contributed by atoms with van der Waals surface area (Å²) in [6.45, 7) is 5.90. The molecule has 2 heterocycles. The maximum absolute atomic E-state index is 5.98. The Morgan fingerprint density at radius 2 is 2.00 bits per heavy atom. The minimum atomic E-state index is 0.611. The number of oxazole rings is 1. The highest BCUT2D eigenvalue weighted by atomic mass is 16.4. The van der Waals surface area contributed by atoms with Crippen molar-refractivity contribution in [1.29, 1.82) is 0 Å². The van der Waals surface area contributed by atoms with Crippen LogP contribution in [0.4, 0.5) is 5.69 Å². The highest BCUT2D eigenvalue weighted by Gasteiger charge is 2.13. The van der Waals surface area contributed by atoms with Crippen LogP contribution < -0.4 is 5.73 Å².